The predicted octanol–water partition coefficient (Wildman–Crippen LogP) is 4.97. The highest BCUT2D eigenvalue weighted by Crippen LogP contribution is 2.23. The average molecular weight is 538 g/mol. The molecule has 0 radical (unpaired) electrons. The van der Waals surface area contributed by atoms with Crippen molar-refractivity contribution in [1.29, 1.82) is 0 Å². The highest BCUT2D eigenvalue weighted by Gasteiger charge is 2.12. The molecule has 4 rings (SSSR count). The van der Waals surface area contributed by atoms with Crippen LogP contribution < -0.4 is 0 Å². The van der Waals surface area contributed by atoms with Crippen molar-refractivity contribution in [2.75, 3.05) is 0 Å². The van der Waals surface area contributed by atoms with E-state index in [0.29, 0.717) is 50.2 Å². The molecular weight excluding hydrogens is 511 g/mol. The average Bonchev–Trinajstić information content (AvgIpc) is 2.78. The number of hydrogen-bond donors (Lipinski definition) is 0. The van der Waals surface area contributed by atoms with Gasteiger partial charge in [0.15, 0.2) is 15.5 Å². The van der Waals surface area contributed by atoms with Gasteiger partial charge in [0.05, 0.1) is 17.3 Å². The van der Waals surface area contributed by atoms with E-state index in [1.165, 1.54) is 35.3 Å². The fourth-order valence-electron chi connectivity index (χ4n) is 3.38. The van der Waals surface area contributed by atoms with Gasteiger partial charge in [-0.15, -0.1) is 0 Å². The molecule has 0 atom stereocenters. The van der Waals surface area contributed by atoms with E-state index >= 15 is 0 Å². The number of aromatic nitrogens is 9. The molecule has 0 aliphatic carbocycles. The third kappa shape index (κ3) is 7.90. The maximum atomic E-state index is 4.72. The Hall–Kier alpha value is -2.70. The Morgan fingerprint density at radius 1 is 0.389 bits per heavy atom. The van der Waals surface area contributed by atoms with Gasteiger partial charge in [0.2, 0.25) is 0 Å². The van der Waals surface area contributed by atoms with Gasteiger partial charge < -0.3 is 0 Å². The van der Waals surface area contributed by atoms with E-state index in [1.807, 2.05) is 59.7 Å². The van der Waals surface area contributed by atoms with E-state index in [2.05, 4.69) is 29.9 Å². The maximum Gasteiger partial charge on any atom is 0.188 e. The zero-order chi connectivity index (χ0) is 25.7. The van der Waals surface area contributed by atoms with Crippen LogP contribution in [0, 0.1) is 41.5 Å². The molecule has 0 fully saturated rings. The van der Waals surface area contributed by atoms with E-state index in [1.54, 1.807) is 0 Å². The molecule has 0 amide bonds. The molecule has 4 aromatic rings. The van der Waals surface area contributed by atoms with Gasteiger partial charge in [0, 0.05) is 34.2 Å². The standard InChI is InChI=1S/C24H27N9S3/c1-13-7-14(2)26-22(25-13)34-10-19-31-20(11-35-23-27-15(3)8-16(4)28-23)33-21(32-19)12-36-24-29-17(5)9-18(6)30-24/h7-9H,10-12H2,1-6H3. The lowest BCUT2D eigenvalue weighted by Crippen LogP contribution is -2.07. The molecule has 0 saturated carbocycles. The van der Waals surface area contributed by atoms with Crippen LogP contribution in [0.3, 0.4) is 0 Å². The number of rotatable bonds is 9. The first kappa shape index (κ1) is 26.4. The van der Waals surface area contributed by atoms with Crippen LogP contribution in [0.2, 0.25) is 0 Å². The van der Waals surface area contributed by atoms with Crippen LogP contribution >= 0.6 is 35.3 Å². The van der Waals surface area contributed by atoms with E-state index in [0.717, 1.165) is 34.2 Å². The van der Waals surface area contributed by atoms with Crippen molar-refractivity contribution in [2.45, 2.75) is 74.3 Å². The first-order valence-electron chi connectivity index (χ1n) is 11.3. The lowest BCUT2D eigenvalue weighted by Gasteiger charge is -2.08. The SMILES string of the molecule is Cc1cc(C)nc(SCc2nc(CSc3nc(C)cc(C)n3)nc(CSc3nc(C)cc(C)n3)n2)n1. The molecule has 186 valence electrons. The Kier molecular flexibility index (Phi) is 8.81. The van der Waals surface area contributed by atoms with E-state index < -0.39 is 0 Å². The summed E-state index contributed by atoms with van der Waals surface area (Å²) in [5.74, 6) is 3.69. The van der Waals surface area contributed by atoms with Crippen LogP contribution in [0.4, 0.5) is 0 Å². The predicted molar refractivity (Wildman–Crippen MR) is 143 cm³/mol. The molecule has 0 unspecified atom stereocenters. The van der Waals surface area contributed by atoms with Gasteiger partial charge in [0.25, 0.3) is 0 Å². The Balaban J connectivity index is 1.53. The first-order valence-corrected chi connectivity index (χ1v) is 14.3. The van der Waals surface area contributed by atoms with Gasteiger partial charge in [-0.05, 0) is 59.7 Å². The summed E-state index contributed by atoms with van der Waals surface area (Å²) in [5, 5.41) is 2.14. The second-order valence-electron chi connectivity index (χ2n) is 8.25. The number of aryl methyl sites for hydroxylation is 6. The molecule has 0 saturated heterocycles. The topological polar surface area (TPSA) is 116 Å². The molecule has 9 nitrogen and oxygen atoms in total. The highest BCUT2D eigenvalue weighted by molar-refractivity contribution is 7.98. The smallest absolute Gasteiger partial charge is 0.188 e. The van der Waals surface area contributed by atoms with Crippen molar-refractivity contribution in [3.05, 3.63) is 69.8 Å². The molecule has 0 aliphatic rings. The van der Waals surface area contributed by atoms with Crippen LogP contribution in [-0.2, 0) is 17.3 Å². The molecule has 4 aromatic heterocycles. The molecule has 36 heavy (non-hydrogen) atoms. The van der Waals surface area contributed by atoms with Crippen molar-refractivity contribution in [3.8, 4) is 0 Å². The van der Waals surface area contributed by atoms with Crippen LogP contribution in [0.25, 0.3) is 0 Å². The molecule has 0 N–H and O–H groups in total. The van der Waals surface area contributed by atoms with E-state index in [4.69, 9.17) is 15.0 Å². The molecule has 0 bridgehead atoms. The van der Waals surface area contributed by atoms with Crippen LogP contribution in [0.15, 0.2) is 33.7 Å². The molecule has 4 heterocycles. The molecule has 12 heteroatoms. The quantitative estimate of drug-likeness (QED) is 0.212. The van der Waals surface area contributed by atoms with Crippen molar-refractivity contribution < 1.29 is 0 Å². The fourth-order valence-corrected chi connectivity index (χ4v) is 5.79. The monoisotopic (exact) mass is 537 g/mol. The van der Waals surface area contributed by atoms with Gasteiger partial charge >= 0.3 is 0 Å². The third-order valence-corrected chi connectivity index (χ3v) is 7.18. The van der Waals surface area contributed by atoms with Gasteiger partial charge in [0.1, 0.15) is 17.5 Å². The van der Waals surface area contributed by atoms with Gasteiger partial charge in [-0.25, -0.2) is 44.9 Å². The van der Waals surface area contributed by atoms with Crippen LogP contribution in [-0.4, -0.2) is 44.9 Å². The summed E-state index contributed by atoms with van der Waals surface area (Å²) in [4.78, 5) is 41.3. The Bertz CT molecular complexity index is 1140. The second kappa shape index (κ2) is 12.0. The molecule has 0 aliphatic heterocycles. The van der Waals surface area contributed by atoms with E-state index in [9.17, 15) is 0 Å². The third-order valence-electron chi connectivity index (χ3n) is 4.65. The molecule has 0 aromatic carbocycles. The minimum atomic E-state index is 0.543. The summed E-state index contributed by atoms with van der Waals surface area (Å²) in [6, 6.07) is 5.88. The number of thioether (sulfide) groups is 3. The Morgan fingerprint density at radius 2 is 0.611 bits per heavy atom. The Morgan fingerprint density at radius 3 is 0.833 bits per heavy atom. The van der Waals surface area contributed by atoms with E-state index in [-0.39, 0.29) is 0 Å². The minimum Gasteiger partial charge on any atom is -0.228 e. The van der Waals surface area contributed by atoms with Crippen molar-refractivity contribution in [3.63, 3.8) is 0 Å². The normalized spacial score (nSPS) is 11.2. The first-order chi connectivity index (χ1) is 17.2. The molecular formula is C24H27N9S3. The van der Waals surface area contributed by atoms with Gasteiger partial charge in [-0.2, -0.15) is 0 Å². The summed E-state index contributed by atoms with van der Waals surface area (Å²) in [6.45, 7) is 11.8. The zero-order valence-corrected chi connectivity index (χ0v) is 23.6. The molecule has 0 spiro atoms. The van der Waals surface area contributed by atoms with Crippen molar-refractivity contribution >= 4 is 35.3 Å². The second-order valence-corrected chi connectivity index (χ2v) is 11.1. The number of hydrogen-bond acceptors (Lipinski definition) is 12. The summed E-state index contributed by atoms with van der Waals surface area (Å²) in [7, 11) is 0. The lowest BCUT2D eigenvalue weighted by molar-refractivity contribution is 0.842. The summed E-state index contributed by atoms with van der Waals surface area (Å²) in [5.41, 5.74) is 5.65. The highest BCUT2D eigenvalue weighted by atomic mass is 32.2. The zero-order valence-electron chi connectivity index (χ0n) is 21.1. The fraction of sp³-hybridized carbons (Fsp3) is 0.375. The summed E-state index contributed by atoms with van der Waals surface area (Å²) in [6.07, 6.45) is 0. The Labute approximate surface area is 223 Å². The largest absolute Gasteiger partial charge is 0.228 e. The van der Waals surface area contributed by atoms with Crippen LogP contribution in [0.5, 0.6) is 0 Å². The summed E-state index contributed by atoms with van der Waals surface area (Å²) >= 11 is 4.55. The van der Waals surface area contributed by atoms with Crippen LogP contribution in [0.1, 0.15) is 51.6 Å². The lowest BCUT2D eigenvalue weighted by atomic mass is 10.4. The van der Waals surface area contributed by atoms with Crippen molar-refractivity contribution in [2.24, 2.45) is 0 Å². The summed E-state index contributed by atoms with van der Waals surface area (Å²) < 4.78 is 0. The maximum absolute atomic E-state index is 4.72. The van der Waals surface area contributed by atoms with Gasteiger partial charge in [-0.1, -0.05) is 35.3 Å². The van der Waals surface area contributed by atoms with Crippen molar-refractivity contribution in [1.82, 2.24) is 44.9 Å². The van der Waals surface area contributed by atoms with Gasteiger partial charge in [-0.3, -0.25) is 0 Å². The number of nitrogens with zero attached hydrogens (tertiary/aromatic N) is 9. The minimum absolute atomic E-state index is 0.543.